The Morgan fingerprint density at radius 2 is 2.00 bits per heavy atom. The molecule has 0 unspecified atom stereocenters. The standard InChI is InChI=1S/C16H18ClN3OS/c1-2-19-7-9-20(10-8-19)16-18-15(21)14(22-16)11-12-3-5-13(17)6-4-12/h3-6,11H,2,7-10H2,1H3/p+1. The Hall–Kier alpha value is -1.30. The van der Waals surface area contributed by atoms with Crippen LogP contribution in [-0.4, -0.2) is 48.7 Å². The Kier molecular flexibility index (Phi) is 4.86. The van der Waals surface area contributed by atoms with Gasteiger partial charge < -0.3 is 9.80 Å². The number of amidine groups is 1. The van der Waals surface area contributed by atoms with Gasteiger partial charge in [0.2, 0.25) is 0 Å². The molecule has 1 N–H and O–H groups in total. The van der Waals surface area contributed by atoms with Gasteiger partial charge in [-0.2, -0.15) is 4.99 Å². The van der Waals surface area contributed by atoms with Crippen molar-refractivity contribution in [2.75, 3.05) is 32.7 Å². The molecule has 2 aliphatic heterocycles. The van der Waals surface area contributed by atoms with Crippen molar-refractivity contribution in [3.63, 3.8) is 0 Å². The molecule has 1 aromatic carbocycles. The topological polar surface area (TPSA) is 37.1 Å². The third-order valence-corrected chi connectivity index (χ3v) is 5.31. The number of nitrogens with zero attached hydrogens (tertiary/aromatic N) is 2. The van der Waals surface area contributed by atoms with Crippen molar-refractivity contribution in [2.45, 2.75) is 6.92 Å². The zero-order chi connectivity index (χ0) is 15.5. The number of carbonyl (C=O) groups is 1. The van der Waals surface area contributed by atoms with Gasteiger partial charge in [-0.3, -0.25) is 4.79 Å². The number of benzene rings is 1. The number of halogens is 1. The van der Waals surface area contributed by atoms with Crippen molar-refractivity contribution in [1.82, 2.24) is 4.90 Å². The molecule has 6 heteroatoms. The minimum Gasteiger partial charge on any atom is -0.339 e. The van der Waals surface area contributed by atoms with E-state index in [-0.39, 0.29) is 5.91 Å². The van der Waals surface area contributed by atoms with E-state index in [0.717, 1.165) is 43.5 Å². The lowest BCUT2D eigenvalue weighted by Crippen LogP contribution is -3.14. The summed E-state index contributed by atoms with van der Waals surface area (Å²) in [6, 6.07) is 7.47. The van der Waals surface area contributed by atoms with E-state index in [1.165, 1.54) is 11.8 Å². The second-order valence-corrected chi connectivity index (χ2v) is 6.90. The van der Waals surface area contributed by atoms with Gasteiger partial charge in [-0.15, -0.1) is 0 Å². The van der Waals surface area contributed by atoms with Crippen LogP contribution < -0.4 is 4.90 Å². The number of likely N-dealkylation sites (N-methyl/N-ethyl adjacent to an activating group) is 1. The maximum atomic E-state index is 12.1. The lowest BCUT2D eigenvalue weighted by molar-refractivity contribution is -0.902. The highest BCUT2D eigenvalue weighted by molar-refractivity contribution is 8.18. The van der Waals surface area contributed by atoms with E-state index < -0.39 is 0 Å². The highest BCUT2D eigenvalue weighted by atomic mass is 35.5. The summed E-state index contributed by atoms with van der Waals surface area (Å²) in [4.78, 5) is 20.8. The summed E-state index contributed by atoms with van der Waals surface area (Å²) >= 11 is 7.36. The molecule has 2 heterocycles. The number of rotatable bonds is 2. The summed E-state index contributed by atoms with van der Waals surface area (Å²) in [5.74, 6) is -0.139. The van der Waals surface area contributed by atoms with Crippen molar-refractivity contribution in [2.24, 2.45) is 4.99 Å². The summed E-state index contributed by atoms with van der Waals surface area (Å²) in [7, 11) is 0. The molecule has 1 aromatic rings. The number of amides is 1. The molecule has 4 nitrogen and oxygen atoms in total. The second-order valence-electron chi connectivity index (χ2n) is 5.45. The van der Waals surface area contributed by atoms with Gasteiger partial charge in [0.15, 0.2) is 5.17 Å². The minimum atomic E-state index is -0.139. The number of carbonyl (C=O) groups excluding carboxylic acids is 1. The van der Waals surface area contributed by atoms with Crippen LogP contribution in [0.4, 0.5) is 0 Å². The smallest absolute Gasteiger partial charge is 0.286 e. The molecule has 0 radical (unpaired) electrons. The van der Waals surface area contributed by atoms with Gasteiger partial charge in [-0.25, -0.2) is 0 Å². The quantitative estimate of drug-likeness (QED) is 0.832. The number of nitrogens with one attached hydrogen (secondary N) is 1. The fraction of sp³-hybridized carbons (Fsp3) is 0.375. The highest BCUT2D eigenvalue weighted by Gasteiger charge is 2.29. The van der Waals surface area contributed by atoms with Crippen LogP contribution in [0.1, 0.15) is 12.5 Å². The molecule has 1 amide bonds. The molecule has 0 bridgehead atoms. The van der Waals surface area contributed by atoms with Gasteiger partial charge in [0, 0.05) is 5.02 Å². The molecule has 0 aliphatic carbocycles. The van der Waals surface area contributed by atoms with Gasteiger partial charge in [0.25, 0.3) is 5.91 Å². The van der Waals surface area contributed by atoms with Crippen LogP contribution in [0.15, 0.2) is 34.2 Å². The maximum Gasteiger partial charge on any atom is 0.286 e. The molecular weight excluding hydrogens is 318 g/mol. The summed E-state index contributed by atoms with van der Waals surface area (Å²) < 4.78 is 0. The first-order valence-electron chi connectivity index (χ1n) is 7.52. The third kappa shape index (κ3) is 3.54. The van der Waals surface area contributed by atoms with Crippen molar-refractivity contribution < 1.29 is 9.69 Å². The van der Waals surface area contributed by atoms with Crippen molar-refractivity contribution in [3.05, 3.63) is 39.8 Å². The third-order valence-electron chi connectivity index (χ3n) is 4.02. The summed E-state index contributed by atoms with van der Waals surface area (Å²) in [6.07, 6.45) is 1.88. The molecule has 22 heavy (non-hydrogen) atoms. The first-order valence-corrected chi connectivity index (χ1v) is 8.72. The second kappa shape index (κ2) is 6.86. The maximum absolute atomic E-state index is 12.1. The zero-order valence-corrected chi connectivity index (χ0v) is 14.1. The molecule has 0 spiro atoms. The Morgan fingerprint density at radius 3 is 2.64 bits per heavy atom. The van der Waals surface area contributed by atoms with Crippen LogP contribution in [0.25, 0.3) is 6.08 Å². The van der Waals surface area contributed by atoms with Crippen molar-refractivity contribution in [3.8, 4) is 0 Å². The van der Waals surface area contributed by atoms with E-state index >= 15 is 0 Å². The molecule has 116 valence electrons. The summed E-state index contributed by atoms with van der Waals surface area (Å²) in [5, 5.41) is 1.54. The molecule has 0 atom stereocenters. The Bertz CT molecular complexity index is 619. The Labute approximate surface area is 139 Å². The number of piperazine rings is 1. The van der Waals surface area contributed by atoms with Gasteiger partial charge in [-0.1, -0.05) is 23.7 Å². The SMILES string of the molecule is CC[NH+]1CCN(C2=NC(=O)C(=Cc3ccc(Cl)cc3)S2)CC1. The normalized spacial score (nSPS) is 21.5. The molecule has 1 fully saturated rings. The predicted molar refractivity (Wildman–Crippen MR) is 92.3 cm³/mol. The number of hydrogen-bond acceptors (Lipinski definition) is 3. The minimum absolute atomic E-state index is 0.139. The fourth-order valence-corrected chi connectivity index (χ4v) is 3.70. The number of quaternary nitrogens is 1. The largest absolute Gasteiger partial charge is 0.339 e. The molecule has 3 rings (SSSR count). The van der Waals surface area contributed by atoms with E-state index in [4.69, 9.17) is 11.6 Å². The van der Waals surface area contributed by atoms with Crippen LogP contribution >= 0.6 is 23.4 Å². The van der Waals surface area contributed by atoms with Gasteiger partial charge in [0.05, 0.1) is 37.6 Å². The average Bonchev–Trinajstić information content (AvgIpc) is 2.91. The number of hydrogen-bond donors (Lipinski definition) is 1. The average molecular weight is 337 g/mol. The summed E-state index contributed by atoms with van der Waals surface area (Å²) in [5.41, 5.74) is 0.969. The molecule has 2 aliphatic rings. The van der Waals surface area contributed by atoms with E-state index in [1.54, 1.807) is 4.90 Å². The zero-order valence-electron chi connectivity index (χ0n) is 12.5. The van der Waals surface area contributed by atoms with E-state index in [2.05, 4.69) is 16.8 Å². The lowest BCUT2D eigenvalue weighted by atomic mass is 10.2. The van der Waals surface area contributed by atoms with E-state index in [1.807, 2.05) is 30.3 Å². The van der Waals surface area contributed by atoms with Crippen LogP contribution in [0.5, 0.6) is 0 Å². The van der Waals surface area contributed by atoms with Crippen molar-refractivity contribution in [1.29, 1.82) is 0 Å². The summed E-state index contributed by atoms with van der Waals surface area (Å²) in [6.45, 7) is 7.53. The van der Waals surface area contributed by atoms with Gasteiger partial charge in [-0.05, 0) is 42.5 Å². The molecule has 0 saturated carbocycles. The van der Waals surface area contributed by atoms with Crippen LogP contribution in [0, 0.1) is 0 Å². The predicted octanol–water partition coefficient (Wildman–Crippen LogP) is 1.53. The number of thioether (sulfide) groups is 1. The first-order chi connectivity index (χ1) is 10.7. The molecular formula is C16H19ClN3OS+. The lowest BCUT2D eigenvalue weighted by Gasteiger charge is -2.32. The van der Waals surface area contributed by atoms with E-state index in [0.29, 0.717) is 9.93 Å². The van der Waals surface area contributed by atoms with Crippen LogP contribution in [0.2, 0.25) is 5.02 Å². The van der Waals surface area contributed by atoms with Gasteiger partial charge in [0.1, 0.15) is 0 Å². The van der Waals surface area contributed by atoms with Crippen molar-refractivity contribution >= 4 is 40.5 Å². The monoisotopic (exact) mass is 336 g/mol. The van der Waals surface area contributed by atoms with Gasteiger partial charge >= 0.3 is 0 Å². The van der Waals surface area contributed by atoms with Crippen LogP contribution in [-0.2, 0) is 4.79 Å². The molecule has 0 aromatic heterocycles. The number of aliphatic imine (C=N–C) groups is 1. The van der Waals surface area contributed by atoms with Crippen LogP contribution in [0.3, 0.4) is 0 Å². The fourth-order valence-electron chi connectivity index (χ4n) is 2.61. The Morgan fingerprint density at radius 1 is 1.32 bits per heavy atom. The van der Waals surface area contributed by atoms with E-state index in [9.17, 15) is 4.79 Å². The highest BCUT2D eigenvalue weighted by Crippen LogP contribution is 2.30. The Balaban J connectivity index is 1.67. The molecule has 1 saturated heterocycles. The first kappa shape index (κ1) is 15.6.